The van der Waals surface area contributed by atoms with Gasteiger partial charge >= 0.3 is 6.09 Å². The van der Waals surface area contributed by atoms with Crippen molar-refractivity contribution in [3.63, 3.8) is 0 Å². The number of benzene rings is 1. The van der Waals surface area contributed by atoms with Crippen molar-refractivity contribution < 1.29 is 27.5 Å². The first-order chi connectivity index (χ1) is 16.9. The molecule has 0 bridgehead atoms. The smallest absolute Gasteiger partial charge is 0.407 e. The number of carbonyl (C=O) groups is 2. The highest BCUT2D eigenvalue weighted by Crippen LogP contribution is 2.32. The van der Waals surface area contributed by atoms with E-state index in [0.717, 1.165) is 0 Å². The molecule has 198 valence electrons. The van der Waals surface area contributed by atoms with Gasteiger partial charge in [-0.3, -0.25) is 4.79 Å². The quantitative estimate of drug-likeness (QED) is 0.626. The van der Waals surface area contributed by atoms with E-state index >= 15 is 0 Å². The Kier molecular flexibility index (Phi) is 7.87. The molecule has 0 spiro atoms. The van der Waals surface area contributed by atoms with Crippen molar-refractivity contribution >= 4 is 39.7 Å². The third-order valence-electron chi connectivity index (χ3n) is 6.68. The molecule has 11 heteroatoms. The van der Waals surface area contributed by atoms with Crippen LogP contribution in [0.1, 0.15) is 52.0 Å². The second-order valence-corrected chi connectivity index (χ2v) is 12.9. The molecule has 0 unspecified atom stereocenters. The molecule has 1 aromatic rings. The molecule has 2 fully saturated rings. The van der Waals surface area contributed by atoms with Gasteiger partial charge in [0.2, 0.25) is 15.9 Å². The number of nitrogens with one attached hydrogen (secondary N) is 1. The van der Waals surface area contributed by atoms with Gasteiger partial charge in [-0.05, 0) is 70.7 Å². The zero-order chi connectivity index (χ0) is 26.1. The summed E-state index contributed by atoms with van der Waals surface area (Å²) in [7, 11) is -3.70. The second kappa shape index (κ2) is 10.6. The lowest BCUT2D eigenvalue weighted by Crippen LogP contribution is -2.53. The van der Waals surface area contributed by atoms with Crippen LogP contribution in [0.2, 0.25) is 5.02 Å². The number of amides is 2. The van der Waals surface area contributed by atoms with Crippen LogP contribution in [0.4, 0.5) is 4.79 Å². The average molecular weight is 540 g/mol. The van der Waals surface area contributed by atoms with Crippen LogP contribution in [0.15, 0.2) is 23.1 Å². The fourth-order valence-electron chi connectivity index (χ4n) is 4.80. The number of piperazine rings is 1. The molecule has 1 saturated carbocycles. The number of hydrogen-bond acceptors (Lipinski definition) is 6. The summed E-state index contributed by atoms with van der Waals surface area (Å²) >= 11 is 5.99. The molecule has 0 atom stereocenters. The average Bonchev–Trinajstić information content (AvgIpc) is 2.82. The van der Waals surface area contributed by atoms with Crippen LogP contribution in [-0.2, 0) is 19.6 Å². The zero-order valence-corrected chi connectivity index (χ0v) is 22.5. The third-order valence-corrected chi connectivity index (χ3v) is 8.86. The van der Waals surface area contributed by atoms with E-state index in [2.05, 4.69) is 5.32 Å². The van der Waals surface area contributed by atoms with E-state index in [-0.39, 0.29) is 42.5 Å². The lowest BCUT2D eigenvalue weighted by molar-refractivity contribution is -0.137. The SMILES string of the molecule is CC(C)(C)OC(=O)NC1CCC(C(=O)N2CCN(S(=O)(=O)C3=Cc4ccc(Cl)cc4OC3)CC2)CC1. The Bertz CT molecular complexity index is 1130. The third kappa shape index (κ3) is 6.33. The van der Waals surface area contributed by atoms with Gasteiger partial charge in [-0.15, -0.1) is 0 Å². The largest absolute Gasteiger partial charge is 0.487 e. The zero-order valence-electron chi connectivity index (χ0n) is 21.0. The second-order valence-electron chi connectivity index (χ2n) is 10.5. The first-order valence-electron chi connectivity index (χ1n) is 12.3. The van der Waals surface area contributed by atoms with Crippen molar-refractivity contribution in [1.29, 1.82) is 0 Å². The Labute approximate surface area is 217 Å². The molecule has 1 saturated heterocycles. The number of hydrogen-bond donors (Lipinski definition) is 1. The highest BCUT2D eigenvalue weighted by atomic mass is 35.5. The first-order valence-corrected chi connectivity index (χ1v) is 14.2. The minimum Gasteiger partial charge on any atom is -0.487 e. The summed E-state index contributed by atoms with van der Waals surface area (Å²) in [5, 5.41) is 3.43. The van der Waals surface area contributed by atoms with Crippen LogP contribution in [0.3, 0.4) is 0 Å². The lowest BCUT2D eigenvalue weighted by atomic mass is 9.85. The van der Waals surface area contributed by atoms with Gasteiger partial charge in [-0.25, -0.2) is 13.2 Å². The van der Waals surface area contributed by atoms with E-state index in [1.807, 2.05) is 20.8 Å². The van der Waals surface area contributed by atoms with Gasteiger partial charge in [-0.1, -0.05) is 11.6 Å². The number of nitrogens with zero attached hydrogens (tertiary/aromatic N) is 2. The standard InChI is InChI=1S/C25H34ClN3O6S/c1-25(2,3)35-24(31)27-20-8-5-17(6-9-20)23(30)28-10-12-29(13-11-28)36(32,33)21-14-18-4-7-19(26)15-22(18)34-16-21/h4,7,14-15,17,20H,5-6,8-13,16H2,1-3H3,(H,27,31). The first kappa shape index (κ1) is 26.8. The van der Waals surface area contributed by atoms with Gasteiger partial charge in [0.15, 0.2) is 0 Å². The van der Waals surface area contributed by atoms with Gasteiger partial charge in [0.1, 0.15) is 18.0 Å². The topological polar surface area (TPSA) is 105 Å². The monoisotopic (exact) mass is 539 g/mol. The molecule has 1 aliphatic carbocycles. The Morgan fingerprint density at radius 1 is 1.08 bits per heavy atom. The molecule has 0 radical (unpaired) electrons. The molecule has 3 aliphatic rings. The van der Waals surface area contributed by atoms with E-state index in [9.17, 15) is 18.0 Å². The van der Waals surface area contributed by atoms with Crippen molar-refractivity contribution in [2.24, 2.45) is 5.92 Å². The lowest BCUT2D eigenvalue weighted by Gasteiger charge is -2.38. The predicted octanol–water partition coefficient (Wildman–Crippen LogP) is 3.63. The number of alkyl carbamates (subject to hydrolysis) is 1. The van der Waals surface area contributed by atoms with Crippen LogP contribution in [0, 0.1) is 5.92 Å². The van der Waals surface area contributed by atoms with Crippen LogP contribution < -0.4 is 10.1 Å². The maximum atomic E-state index is 13.2. The molecule has 1 aromatic carbocycles. The fraction of sp³-hybridized carbons (Fsp3) is 0.600. The predicted molar refractivity (Wildman–Crippen MR) is 137 cm³/mol. The van der Waals surface area contributed by atoms with E-state index in [1.165, 1.54) is 4.31 Å². The van der Waals surface area contributed by atoms with Gasteiger partial charge in [0.05, 0.1) is 4.91 Å². The van der Waals surface area contributed by atoms with Crippen molar-refractivity contribution in [3.8, 4) is 5.75 Å². The van der Waals surface area contributed by atoms with Crippen molar-refractivity contribution in [2.45, 2.75) is 58.1 Å². The van der Waals surface area contributed by atoms with E-state index in [4.69, 9.17) is 21.1 Å². The number of fused-ring (bicyclic) bond motifs is 1. The minimum absolute atomic E-state index is 0.00182. The summed E-state index contributed by atoms with van der Waals surface area (Å²) in [6, 6.07) is 5.10. The van der Waals surface area contributed by atoms with Gasteiger partial charge in [0, 0.05) is 48.7 Å². The van der Waals surface area contributed by atoms with E-state index in [1.54, 1.807) is 29.2 Å². The summed E-state index contributed by atoms with van der Waals surface area (Å²) in [5.74, 6) is 0.518. The van der Waals surface area contributed by atoms with Crippen LogP contribution in [0.25, 0.3) is 6.08 Å². The van der Waals surface area contributed by atoms with Crippen molar-refractivity contribution in [3.05, 3.63) is 33.7 Å². The van der Waals surface area contributed by atoms with Gasteiger partial charge < -0.3 is 19.7 Å². The van der Waals surface area contributed by atoms with Crippen LogP contribution in [0.5, 0.6) is 5.75 Å². The van der Waals surface area contributed by atoms with E-state index in [0.29, 0.717) is 55.1 Å². The summed E-state index contributed by atoms with van der Waals surface area (Å²) < 4.78 is 38.8. The molecule has 4 rings (SSSR count). The summed E-state index contributed by atoms with van der Waals surface area (Å²) in [5.41, 5.74) is 0.126. The number of halogens is 1. The summed E-state index contributed by atoms with van der Waals surface area (Å²) in [6.07, 6.45) is 4.00. The maximum Gasteiger partial charge on any atom is 0.407 e. The fourth-order valence-corrected chi connectivity index (χ4v) is 6.42. The molecular weight excluding hydrogens is 506 g/mol. The van der Waals surface area contributed by atoms with Gasteiger partial charge in [0.25, 0.3) is 0 Å². The number of carbonyl (C=O) groups excluding carboxylic acids is 2. The molecule has 2 aliphatic heterocycles. The Morgan fingerprint density at radius 2 is 1.75 bits per heavy atom. The molecule has 9 nitrogen and oxygen atoms in total. The van der Waals surface area contributed by atoms with Crippen LogP contribution in [-0.4, -0.2) is 74.1 Å². The Morgan fingerprint density at radius 3 is 2.39 bits per heavy atom. The van der Waals surface area contributed by atoms with Gasteiger partial charge in [-0.2, -0.15) is 4.31 Å². The Balaban J connectivity index is 1.27. The molecule has 0 aromatic heterocycles. The summed E-state index contributed by atoms with van der Waals surface area (Å²) in [4.78, 5) is 27.1. The van der Waals surface area contributed by atoms with Crippen LogP contribution >= 0.6 is 11.6 Å². The van der Waals surface area contributed by atoms with Crippen molar-refractivity contribution in [1.82, 2.24) is 14.5 Å². The van der Waals surface area contributed by atoms with E-state index < -0.39 is 21.7 Å². The normalized spacial score (nSPS) is 23.2. The summed E-state index contributed by atoms with van der Waals surface area (Å²) in [6.45, 7) is 6.62. The number of sulfonamides is 1. The highest BCUT2D eigenvalue weighted by Gasteiger charge is 2.36. The molecule has 2 amide bonds. The number of ether oxygens (including phenoxy) is 2. The maximum absolute atomic E-state index is 13.2. The molecule has 36 heavy (non-hydrogen) atoms. The molecular formula is C25H34ClN3O6S. The molecule has 2 heterocycles. The number of rotatable bonds is 4. The van der Waals surface area contributed by atoms with Crippen molar-refractivity contribution in [2.75, 3.05) is 32.8 Å². The Hall–Kier alpha value is -2.30. The molecule has 1 N–H and O–H groups in total. The minimum atomic E-state index is -3.70. The highest BCUT2D eigenvalue weighted by molar-refractivity contribution is 7.93.